The zero-order chi connectivity index (χ0) is 13.8. The van der Waals surface area contributed by atoms with E-state index >= 15 is 0 Å². The van der Waals surface area contributed by atoms with E-state index in [1.54, 1.807) is 0 Å². The Morgan fingerprint density at radius 2 is 1.63 bits per heavy atom. The molecule has 0 radical (unpaired) electrons. The zero-order valence-electron chi connectivity index (χ0n) is 11.9. The molecule has 2 aromatic carbocycles. The molecule has 19 heavy (non-hydrogen) atoms. The molecule has 0 aliphatic rings. The van der Waals surface area contributed by atoms with Crippen molar-refractivity contribution in [1.29, 1.82) is 0 Å². The van der Waals surface area contributed by atoms with Gasteiger partial charge in [-0.2, -0.15) is 10.2 Å². The molecule has 0 fully saturated rings. The SMILES string of the molecule is C=N/N=C(/C)c1ccc2c(CC)ccc(CC)c2c1. The summed E-state index contributed by atoms with van der Waals surface area (Å²) in [6.07, 6.45) is 2.10. The Bertz CT molecular complexity index is 639. The molecule has 0 N–H and O–H groups in total. The van der Waals surface area contributed by atoms with E-state index in [4.69, 9.17) is 0 Å². The van der Waals surface area contributed by atoms with Crippen LogP contribution in [0.1, 0.15) is 37.5 Å². The normalized spacial score (nSPS) is 11.8. The second kappa shape index (κ2) is 5.79. The molecule has 0 unspecified atom stereocenters. The predicted molar refractivity (Wildman–Crippen MR) is 84.5 cm³/mol. The molecule has 0 aromatic heterocycles. The molecule has 98 valence electrons. The lowest BCUT2D eigenvalue weighted by Crippen LogP contribution is -1.96. The minimum atomic E-state index is 0.904. The smallest absolute Gasteiger partial charge is 0.0671 e. The highest BCUT2D eigenvalue weighted by Gasteiger charge is 2.06. The molecule has 2 nitrogen and oxygen atoms in total. The van der Waals surface area contributed by atoms with Crippen molar-refractivity contribution in [3.05, 3.63) is 47.0 Å². The lowest BCUT2D eigenvalue weighted by Gasteiger charge is -2.11. The van der Waals surface area contributed by atoms with Gasteiger partial charge >= 0.3 is 0 Å². The maximum Gasteiger partial charge on any atom is 0.0671 e. The van der Waals surface area contributed by atoms with E-state index in [-0.39, 0.29) is 0 Å². The number of nitrogens with zero attached hydrogens (tertiary/aromatic N) is 2. The average Bonchev–Trinajstić information content (AvgIpc) is 2.45. The second-order valence-electron chi connectivity index (χ2n) is 4.68. The van der Waals surface area contributed by atoms with Crippen LogP contribution in [0, 0.1) is 0 Å². The van der Waals surface area contributed by atoms with Crippen molar-refractivity contribution in [2.75, 3.05) is 0 Å². The fourth-order valence-electron chi connectivity index (χ4n) is 2.48. The van der Waals surface area contributed by atoms with Gasteiger partial charge < -0.3 is 0 Å². The molecule has 2 rings (SSSR count). The van der Waals surface area contributed by atoms with Crippen LogP contribution in [0.4, 0.5) is 0 Å². The van der Waals surface area contributed by atoms with Gasteiger partial charge in [-0.1, -0.05) is 38.1 Å². The summed E-state index contributed by atoms with van der Waals surface area (Å²) in [5.74, 6) is 0. The van der Waals surface area contributed by atoms with Crippen molar-refractivity contribution in [2.24, 2.45) is 10.2 Å². The van der Waals surface area contributed by atoms with E-state index in [1.807, 2.05) is 6.92 Å². The van der Waals surface area contributed by atoms with Crippen molar-refractivity contribution in [3.8, 4) is 0 Å². The summed E-state index contributed by atoms with van der Waals surface area (Å²) in [7, 11) is 0. The summed E-state index contributed by atoms with van der Waals surface area (Å²) >= 11 is 0. The first-order valence-corrected chi connectivity index (χ1v) is 6.76. The fraction of sp³-hybridized carbons (Fsp3) is 0.294. The molecule has 0 amide bonds. The van der Waals surface area contributed by atoms with Gasteiger partial charge in [0.05, 0.1) is 5.71 Å². The Morgan fingerprint density at radius 1 is 1.00 bits per heavy atom. The number of benzene rings is 2. The zero-order valence-corrected chi connectivity index (χ0v) is 11.9. The minimum Gasteiger partial charge on any atom is -0.167 e. The highest BCUT2D eigenvalue weighted by Crippen LogP contribution is 2.25. The van der Waals surface area contributed by atoms with Crippen molar-refractivity contribution < 1.29 is 0 Å². The lowest BCUT2D eigenvalue weighted by atomic mass is 9.94. The molecular weight excluding hydrogens is 232 g/mol. The summed E-state index contributed by atoms with van der Waals surface area (Å²) in [5, 5.41) is 10.3. The summed E-state index contributed by atoms with van der Waals surface area (Å²) in [6.45, 7) is 9.77. The van der Waals surface area contributed by atoms with E-state index in [2.05, 4.69) is 61.1 Å². The standard InChI is InChI=1S/C17H20N2/c1-5-13-7-8-14(6-2)17-11-15(9-10-16(13)17)12(3)19-18-4/h7-11H,4-6H2,1-3H3/b19-12-. The van der Waals surface area contributed by atoms with Gasteiger partial charge in [0.25, 0.3) is 0 Å². The van der Waals surface area contributed by atoms with E-state index in [9.17, 15) is 0 Å². The third-order valence-corrected chi connectivity index (χ3v) is 3.60. The first-order chi connectivity index (χ1) is 9.21. The van der Waals surface area contributed by atoms with Crippen LogP contribution >= 0.6 is 0 Å². The second-order valence-corrected chi connectivity index (χ2v) is 4.68. The molecule has 0 aliphatic heterocycles. The largest absolute Gasteiger partial charge is 0.167 e. The van der Waals surface area contributed by atoms with Crippen molar-refractivity contribution >= 4 is 23.2 Å². The Kier molecular flexibility index (Phi) is 4.10. The molecule has 0 bridgehead atoms. The van der Waals surface area contributed by atoms with E-state index in [0.29, 0.717) is 0 Å². The van der Waals surface area contributed by atoms with Crippen LogP contribution in [-0.4, -0.2) is 12.4 Å². The Balaban J connectivity index is 2.70. The van der Waals surface area contributed by atoms with Crippen LogP contribution < -0.4 is 0 Å². The van der Waals surface area contributed by atoms with E-state index in [0.717, 1.165) is 24.1 Å². The van der Waals surface area contributed by atoms with Crippen LogP contribution in [0.3, 0.4) is 0 Å². The number of hydrogen-bond donors (Lipinski definition) is 0. The molecule has 0 atom stereocenters. The maximum absolute atomic E-state index is 4.03. The van der Waals surface area contributed by atoms with Gasteiger partial charge in [0.15, 0.2) is 0 Å². The monoisotopic (exact) mass is 252 g/mol. The molecule has 0 heterocycles. The number of rotatable bonds is 4. The van der Waals surface area contributed by atoms with E-state index in [1.165, 1.54) is 21.9 Å². The van der Waals surface area contributed by atoms with Gasteiger partial charge in [-0.15, -0.1) is 0 Å². The summed E-state index contributed by atoms with van der Waals surface area (Å²) in [5.41, 5.74) is 4.80. The van der Waals surface area contributed by atoms with Crippen LogP contribution in [0.15, 0.2) is 40.5 Å². The molecule has 0 saturated heterocycles. The maximum atomic E-state index is 4.03. The summed E-state index contributed by atoms with van der Waals surface area (Å²) in [6, 6.07) is 11.0. The number of fused-ring (bicyclic) bond motifs is 1. The average molecular weight is 252 g/mol. The quantitative estimate of drug-likeness (QED) is 0.569. The van der Waals surface area contributed by atoms with Crippen molar-refractivity contribution in [2.45, 2.75) is 33.6 Å². The number of hydrogen-bond acceptors (Lipinski definition) is 2. The van der Waals surface area contributed by atoms with Gasteiger partial charge in [-0.05, 0) is 53.3 Å². The summed E-state index contributed by atoms with van der Waals surface area (Å²) in [4.78, 5) is 0. The lowest BCUT2D eigenvalue weighted by molar-refractivity contribution is 1.13. The third kappa shape index (κ3) is 2.58. The third-order valence-electron chi connectivity index (χ3n) is 3.60. The molecule has 2 heteroatoms. The number of aryl methyl sites for hydroxylation is 2. The highest BCUT2D eigenvalue weighted by molar-refractivity contribution is 6.03. The van der Waals surface area contributed by atoms with Crippen LogP contribution in [0.25, 0.3) is 10.8 Å². The first-order valence-electron chi connectivity index (χ1n) is 6.76. The topological polar surface area (TPSA) is 24.7 Å². The van der Waals surface area contributed by atoms with Crippen molar-refractivity contribution in [1.82, 2.24) is 0 Å². The van der Waals surface area contributed by atoms with Crippen LogP contribution in [0.5, 0.6) is 0 Å². The Labute approximate surface area is 114 Å². The Morgan fingerprint density at radius 3 is 2.21 bits per heavy atom. The Hall–Kier alpha value is -1.96. The molecule has 0 spiro atoms. The minimum absolute atomic E-state index is 0.904. The van der Waals surface area contributed by atoms with Crippen LogP contribution in [0.2, 0.25) is 0 Å². The molecule has 2 aromatic rings. The van der Waals surface area contributed by atoms with Gasteiger partial charge in [0.1, 0.15) is 0 Å². The van der Waals surface area contributed by atoms with Crippen molar-refractivity contribution in [3.63, 3.8) is 0 Å². The molecule has 0 aliphatic carbocycles. The highest BCUT2D eigenvalue weighted by atomic mass is 15.2. The fourth-order valence-corrected chi connectivity index (χ4v) is 2.48. The van der Waals surface area contributed by atoms with Gasteiger partial charge in [0, 0.05) is 6.72 Å². The van der Waals surface area contributed by atoms with Crippen LogP contribution in [-0.2, 0) is 12.8 Å². The van der Waals surface area contributed by atoms with E-state index < -0.39 is 0 Å². The summed E-state index contributed by atoms with van der Waals surface area (Å²) < 4.78 is 0. The van der Waals surface area contributed by atoms with Gasteiger partial charge in [-0.3, -0.25) is 0 Å². The molecule has 0 saturated carbocycles. The van der Waals surface area contributed by atoms with Gasteiger partial charge in [0.2, 0.25) is 0 Å². The molecular formula is C17H20N2. The predicted octanol–water partition coefficient (Wildman–Crippen LogP) is 4.39. The first kappa shape index (κ1) is 13.5. The van der Waals surface area contributed by atoms with Gasteiger partial charge in [-0.25, -0.2) is 0 Å².